The smallest absolute Gasteiger partial charge is 0.122 e. The van der Waals surface area contributed by atoms with E-state index in [1.807, 2.05) is 12.1 Å². The highest BCUT2D eigenvalue weighted by Gasteiger charge is 2.04. The molecule has 3 heteroatoms. The summed E-state index contributed by atoms with van der Waals surface area (Å²) < 4.78 is 6.32. The number of unbranched alkanes of at least 4 members (excludes halogenated alkanes) is 4. The van der Waals surface area contributed by atoms with Crippen molar-refractivity contribution >= 4 is 21.6 Å². The van der Waals surface area contributed by atoms with Crippen LogP contribution in [0.5, 0.6) is 5.75 Å². The van der Waals surface area contributed by atoms with Gasteiger partial charge in [-0.15, -0.1) is 0 Å². The molecule has 0 aliphatic heterocycles. The van der Waals surface area contributed by atoms with Crippen molar-refractivity contribution in [3.05, 3.63) is 22.7 Å². The highest BCUT2D eigenvalue weighted by molar-refractivity contribution is 9.10. The number of hydrogen-bond donors (Lipinski definition) is 1. The molecule has 0 aliphatic carbocycles. The SMILES string of the molecule is CCCCCCCC(C)Nc1cc(Br)cc(OC)c1. The Kier molecular flexibility index (Phi) is 7.96. The maximum Gasteiger partial charge on any atom is 0.122 e. The number of nitrogens with one attached hydrogen (secondary N) is 1. The van der Waals surface area contributed by atoms with Gasteiger partial charge in [-0.05, 0) is 25.5 Å². The molecule has 0 saturated carbocycles. The summed E-state index contributed by atoms with van der Waals surface area (Å²) in [6.45, 7) is 4.50. The molecule has 1 aromatic carbocycles. The second kappa shape index (κ2) is 9.24. The summed E-state index contributed by atoms with van der Waals surface area (Å²) in [5.74, 6) is 0.882. The summed E-state index contributed by atoms with van der Waals surface area (Å²) in [7, 11) is 1.70. The third-order valence-electron chi connectivity index (χ3n) is 3.26. The van der Waals surface area contributed by atoms with Gasteiger partial charge in [0.1, 0.15) is 5.75 Å². The van der Waals surface area contributed by atoms with Gasteiger partial charge in [0.2, 0.25) is 0 Å². The maximum atomic E-state index is 5.27. The van der Waals surface area contributed by atoms with Crippen molar-refractivity contribution in [1.29, 1.82) is 0 Å². The molecule has 1 aromatic rings. The zero-order valence-electron chi connectivity index (χ0n) is 12.3. The molecule has 0 amide bonds. The van der Waals surface area contributed by atoms with E-state index in [1.165, 1.54) is 38.5 Å². The molecule has 1 atom stereocenters. The summed E-state index contributed by atoms with van der Waals surface area (Å²) in [5.41, 5.74) is 1.12. The second-order valence-electron chi connectivity index (χ2n) is 5.13. The number of rotatable bonds is 9. The summed E-state index contributed by atoms with van der Waals surface area (Å²) in [5, 5.41) is 3.54. The van der Waals surface area contributed by atoms with Crippen molar-refractivity contribution in [3.63, 3.8) is 0 Å². The predicted octanol–water partition coefficient (Wildman–Crippen LogP) is 5.62. The van der Waals surface area contributed by atoms with Crippen molar-refractivity contribution in [3.8, 4) is 5.75 Å². The van der Waals surface area contributed by atoms with Gasteiger partial charge in [0.25, 0.3) is 0 Å². The fourth-order valence-electron chi connectivity index (χ4n) is 2.17. The van der Waals surface area contributed by atoms with E-state index in [0.717, 1.165) is 15.9 Å². The Hall–Kier alpha value is -0.700. The molecule has 0 aliphatic rings. The molecule has 0 spiro atoms. The summed E-state index contributed by atoms with van der Waals surface area (Å²) in [6, 6.07) is 6.61. The molecule has 0 fully saturated rings. The third kappa shape index (κ3) is 6.86. The minimum Gasteiger partial charge on any atom is -0.497 e. The lowest BCUT2D eigenvalue weighted by molar-refractivity contribution is 0.414. The van der Waals surface area contributed by atoms with E-state index in [1.54, 1.807) is 7.11 Å². The van der Waals surface area contributed by atoms with Gasteiger partial charge >= 0.3 is 0 Å². The van der Waals surface area contributed by atoms with Crippen LogP contribution in [0.3, 0.4) is 0 Å². The van der Waals surface area contributed by atoms with Crippen molar-refractivity contribution in [2.75, 3.05) is 12.4 Å². The van der Waals surface area contributed by atoms with Crippen molar-refractivity contribution < 1.29 is 4.74 Å². The van der Waals surface area contributed by atoms with Gasteiger partial charge in [-0.1, -0.05) is 55.0 Å². The molecular formula is C16H26BrNO. The van der Waals surface area contributed by atoms with Crippen LogP contribution in [0.15, 0.2) is 22.7 Å². The minimum atomic E-state index is 0.501. The van der Waals surface area contributed by atoms with Gasteiger partial charge in [-0.2, -0.15) is 0 Å². The molecule has 19 heavy (non-hydrogen) atoms. The molecule has 0 aromatic heterocycles. The standard InChI is InChI=1S/C16H26BrNO/c1-4-5-6-7-8-9-13(2)18-15-10-14(17)11-16(12-15)19-3/h10-13,18H,4-9H2,1-3H3. The average molecular weight is 328 g/mol. The van der Waals surface area contributed by atoms with Gasteiger partial charge in [-0.3, -0.25) is 0 Å². The fourth-order valence-corrected chi connectivity index (χ4v) is 2.65. The quantitative estimate of drug-likeness (QED) is 0.594. The van der Waals surface area contributed by atoms with Gasteiger partial charge in [0, 0.05) is 22.3 Å². The lowest BCUT2D eigenvalue weighted by Gasteiger charge is -2.16. The first-order valence-corrected chi connectivity index (χ1v) is 8.06. The molecule has 0 radical (unpaired) electrons. The van der Waals surface area contributed by atoms with E-state index in [-0.39, 0.29) is 0 Å². The summed E-state index contributed by atoms with van der Waals surface area (Å²) in [6.07, 6.45) is 7.92. The Morgan fingerprint density at radius 1 is 1.16 bits per heavy atom. The highest BCUT2D eigenvalue weighted by Crippen LogP contribution is 2.25. The van der Waals surface area contributed by atoms with Crippen LogP contribution in [0.2, 0.25) is 0 Å². The Balaban J connectivity index is 2.35. The van der Waals surface area contributed by atoms with Gasteiger partial charge in [0.15, 0.2) is 0 Å². The number of hydrogen-bond acceptors (Lipinski definition) is 2. The molecular weight excluding hydrogens is 302 g/mol. The van der Waals surface area contributed by atoms with E-state index in [9.17, 15) is 0 Å². The normalized spacial score (nSPS) is 12.2. The van der Waals surface area contributed by atoms with Crippen molar-refractivity contribution in [2.24, 2.45) is 0 Å². The highest BCUT2D eigenvalue weighted by atomic mass is 79.9. The van der Waals surface area contributed by atoms with Gasteiger partial charge < -0.3 is 10.1 Å². The van der Waals surface area contributed by atoms with Crippen LogP contribution in [0.4, 0.5) is 5.69 Å². The van der Waals surface area contributed by atoms with E-state index in [2.05, 4.69) is 41.2 Å². The van der Waals surface area contributed by atoms with Crippen LogP contribution in [0.1, 0.15) is 52.4 Å². The Labute approximate surface area is 126 Å². The first-order chi connectivity index (χ1) is 9.15. The molecule has 108 valence electrons. The van der Waals surface area contributed by atoms with Crippen LogP contribution in [-0.2, 0) is 0 Å². The first kappa shape index (κ1) is 16.4. The van der Waals surface area contributed by atoms with E-state index in [4.69, 9.17) is 4.74 Å². The third-order valence-corrected chi connectivity index (χ3v) is 3.72. The van der Waals surface area contributed by atoms with Gasteiger partial charge in [-0.25, -0.2) is 0 Å². The van der Waals surface area contributed by atoms with E-state index >= 15 is 0 Å². The number of halogens is 1. The van der Waals surface area contributed by atoms with Crippen LogP contribution in [0.25, 0.3) is 0 Å². The van der Waals surface area contributed by atoms with E-state index < -0.39 is 0 Å². The number of anilines is 1. The van der Waals surface area contributed by atoms with Crippen LogP contribution in [-0.4, -0.2) is 13.2 Å². The lowest BCUT2D eigenvalue weighted by Crippen LogP contribution is -2.14. The Morgan fingerprint density at radius 2 is 1.89 bits per heavy atom. The monoisotopic (exact) mass is 327 g/mol. The predicted molar refractivity (Wildman–Crippen MR) is 87.2 cm³/mol. The maximum absolute atomic E-state index is 5.27. The number of ether oxygens (including phenoxy) is 1. The van der Waals surface area contributed by atoms with Crippen LogP contribution in [0, 0.1) is 0 Å². The van der Waals surface area contributed by atoms with Crippen molar-refractivity contribution in [2.45, 2.75) is 58.4 Å². The molecule has 0 saturated heterocycles. The Bertz CT molecular complexity index is 368. The minimum absolute atomic E-state index is 0.501. The molecule has 1 N–H and O–H groups in total. The topological polar surface area (TPSA) is 21.3 Å². The first-order valence-electron chi connectivity index (χ1n) is 7.26. The van der Waals surface area contributed by atoms with Crippen molar-refractivity contribution in [1.82, 2.24) is 0 Å². The number of benzene rings is 1. The van der Waals surface area contributed by atoms with Crippen LogP contribution < -0.4 is 10.1 Å². The number of methoxy groups -OCH3 is 1. The molecule has 0 bridgehead atoms. The largest absolute Gasteiger partial charge is 0.497 e. The zero-order valence-corrected chi connectivity index (χ0v) is 13.9. The molecule has 1 rings (SSSR count). The zero-order chi connectivity index (χ0) is 14.1. The fraction of sp³-hybridized carbons (Fsp3) is 0.625. The molecule has 2 nitrogen and oxygen atoms in total. The lowest BCUT2D eigenvalue weighted by atomic mass is 10.1. The average Bonchev–Trinajstić information content (AvgIpc) is 2.37. The van der Waals surface area contributed by atoms with E-state index in [0.29, 0.717) is 6.04 Å². The summed E-state index contributed by atoms with van der Waals surface area (Å²) >= 11 is 3.50. The van der Waals surface area contributed by atoms with Gasteiger partial charge in [0.05, 0.1) is 7.11 Å². The molecule has 1 unspecified atom stereocenters. The molecule has 0 heterocycles. The Morgan fingerprint density at radius 3 is 2.58 bits per heavy atom. The van der Waals surface area contributed by atoms with Crippen LogP contribution >= 0.6 is 15.9 Å². The summed E-state index contributed by atoms with van der Waals surface area (Å²) in [4.78, 5) is 0. The second-order valence-corrected chi connectivity index (χ2v) is 6.04.